The summed E-state index contributed by atoms with van der Waals surface area (Å²) in [6.07, 6.45) is 1.81. The van der Waals surface area contributed by atoms with E-state index in [0.717, 1.165) is 11.8 Å². The predicted molar refractivity (Wildman–Crippen MR) is 52.2 cm³/mol. The second-order valence-electron chi connectivity index (χ2n) is 2.94. The fourth-order valence-corrected chi connectivity index (χ4v) is 1.11. The first-order valence-corrected chi connectivity index (χ1v) is 4.37. The molecule has 0 bridgehead atoms. The molecule has 0 radical (unpaired) electrons. The van der Waals surface area contributed by atoms with Crippen LogP contribution in [0.25, 0.3) is 0 Å². The molecule has 1 aromatic rings. The van der Waals surface area contributed by atoms with E-state index in [1.165, 1.54) is 7.11 Å². The number of ether oxygens (including phenoxy) is 1. The predicted octanol–water partition coefficient (Wildman–Crippen LogP) is 1.60. The molecule has 0 aliphatic rings. The summed E-state index contributed by atoms with van der Waals surface area (Å²) >= 11 is 0. The van der Waals surface area contributed by atoms with Crippen LogP contribution in [0, 0.1) is 0 Å². The Labute approximate surface area is 82.7 Å². The summed E-state index contributed by atoms with van der Waals surface area (Å²) in [5, 5.41) is 0. The van der Waals surface area contributed by atoms with Gasteiger partial charge in [0.05, 0.1) is 7.11 Å². The van der Waals surface area contributed by atoms with Gasteiger partial charge in [0.25, 0.3) is 0 Å². The zero-order chi connectivity index (χ0) is 10.4. The molecule has 0 spiro atoms. The first kappa shape index (κ1) is 10.4. The van der Waals surface area contributed by atoms with Crippen molar-refractivity contribution < 1.29 is 14.3 Å². The Kier molecular flexibility index (Phi) is 3.85. The Balaban J connectivity index is 2.51. The molecule has 0 N–H and O–H groups in total. The van der Waals surface area contributed by atoms with Crippen LogP contribution < -0.4 is 0 Å². The van der Waals surface area contributed by atoms with Gasteiger partial charge in [0.15, 0.2) is 0 Å². The molecule has 1 aromatic carbocycles. The van der Waals surface area contributed by atoms with E-state index in [2.05, 4.69) is 4.74 Å². The van der Waals surface area contributed by atoms with Gasteiger partial charge in [0.2, 0.25) is 0 Å². The lowest BCUT2D eigenvalue weighted by molar-refractivity contribution is -0.140. The van der Waals surface area contributed by atoms with Crippen LogP contribution in [0.1, 0.15) is 22.3 Å². The molecule has 0 saturated heterocycles. The highest BCUT2D eigenvalue weighted by atomic mass is 16.5. The maximum absolute atomic E-state index is 10.8. The third-order valence-electron chi connectivity index (χ3n) is 1.96. The summed E-state index contributed by atoms with van der Waals surface area (Å²) in [4.78, 5) is 21.2. The molecular weight excluding hydrogens is 180 g/mol. The number of aryl methyl sites for hydroxylation is 1. The number of benzene rings is 1. The molecule has 1 rings (SSSR count). The van der Waals surface area contributed by atoms with Gasteiger partial charge in [-0.1, -0.05) is 24.3 Å². The summed E-state index contributed by atoms with van der Waals surface area (Å²) in [6, 6.07) is 7.15. The number of aldehydes is 1. The normalized spacial score (nSPS) is 9.50. The molecule has 0 heterocycles. The van der Waals surface area contributed by atoms with E-state index in [4.69, 9.17) is 0 Å². The largest absolute Gasteiger partial charge is 0.469 e. The van der Waals surface area contributed by atoms with Gasteiger partial charge in [0.1, 0.15) is 6.29 Å². The zero-order valence-electron chi connectivity index (χ0n) is 8.03. The molecular formula is C11H12O3. The van der Waals surface area contributed by atoms with E-state index >= 15 is 0 Å². The molecule has 0 unspecified atom stereocenters. The summed E-state index contributed by atoms with van der Waals surface area (Å²) in [5.41, 5.74) is 1.67. The van der Waals surface area contributed by atoms with Crippen molar-refractivity contribution in [3.63, 3.8) is 0 Å². The summed E-state index contributed by atoms with van der Waals surface area (Å²) in [6.45, 7) is 0. The van der Waals surface area contributed by atoms with Crippen LogP contribution in [0.4, 0.5) is 0 Å². The Morgan fingerprint density at radius 3 is 2.50 bits per heavy atom. The van der Waals surface area contributed by atoms with Crippen LogP contribution in [-0.4, -0.2) is 19.4 Å². The van der Waals surface area contributed by atoms with Crippen molar-refractivity contribution in [2.45, 2.75) is 12.8 Å². The number of hydrogen-bond donors (Lipinski definition) is 0. The Hall–Kier alpha value is -1.64. The fraction of sp³-hybridized carbons (Fsp3) is 0.273. The molecule has 0 aromatic heterocycles. The first-order valence-electron chi connectivity index (χ1n) is 4.37. The van der Waals surface area contributed by atoms with Gasteiger partial charge in [-0.25, -0.2) is 0 Å². The molecule has 0 saturated carbocycles. The van der Waals surface area contributed by atoms with E-state index in [9.17, 15) is 9.59 Å². The van der Waals surface area contributed by atoms with Gasteiger partial charge in [0, 0.05) is 12.0 Å². The van der Waals surface area contributed by atoms with E-state index in [1.54, 1.807) is 12.1 Å². The van der Waals surface area contributed by atoms with Crippen LogP contribution in [0.3, 0.4) is 0 Å². The molecule has 0 amide bonds. The molecule has 74 valence electrons. The van der Waals surface area contributed by atoms with Crippen LogP contribution in [-0.2, 0) is 16.0 Å². The van der Waals surface area contributed by atoms with Crippen molar-refractivity contribution in [1.82, 2.24) is 0 Å². The number of esters is 1. The van der Waals surface area contributed by atoms with Crippen molar-refractivity contribution in [2.24, 2.45) is 0 Å². The molecule has 0 atom stereocenters. The first-order chi connectivity index (χ1) is 6.76. The number of carbonyl (C=O) groups excluding carboxylic acids is 2. The van der Waals surface area contributed by atoms with Crippen LogP contribution in [0.15, 0.2) is 24.3 Å². The third-order valence-corrected chi connectivity index (χ3v) is 1.96. The molecule has 0 aliphatic heterocycles. The third kappa shape index (κ3) is 3.01. The quantitative estimate of drug-likeness (QED) is 0.537. The van der Waals surface area contributed by atoms with E-state index in [0.29, 0.717) is 18.4 Å². The summed E-state index contributed by atoms with van der Waals surface area (Å²) < 4.78 is 4.52. The minimum Gasteiger partial charge on any atom is -0.469 e. The number of carbonyl (C=O) groups is 2. The average Bonchev–Trinajstić information content (AvgIpc) is 2.26. The topological polar surface area (TPSA) is 43.4 Å². The number of hydrogen-bond acceptors (Lipinski definition) is 3. The van der Waals surface area contributed by atoms with E-state index < -0.39 is 0 Å². The summed E-state index contributed by atoms with van der Waals surface area (Å²) in [7, 11) is 1.37. The minimum atomic E-state index is -0.218. The molecule has 3 nitrogen and oxygen atoms in total. The monoisotopic (exact) mass is 192 g/mol. The van der Waals surface area contributed by atoms with Crippen molar-refractivity contribution in [3.05, 3.63) is 35.4 Å². The van der Waals surface area contributed by atoms with Gasteiger partial charge in [-0.3, -0.25) is 9.59 Å². The van der Waals surface area contributed by atoms with Gasteiger partial charge in [-0.15, -0.1) is 0 Å². The smallest absolute Gasteiger partial charge is 0.305 e. The SMILES string of the molecule is COC(=O)CCc1ccc(C=O)cc1. The van der Waals surface area contributed by atoms with Gasteiger partial charge in [-0.05, 0) is 12.0 Å². The Bertz CT molecular complexity index is 314. The number of methoxy groups -OCH3 is 1. The fourth-order valence-electron chi connectivity index (χ4n) is 1.11. The molecule has 0 fully saturated rings. The molecule has 3 heteroatoms. The lowest BCUT2D eigenvalue weighted by atomic mass is 10.1. The van der Waals surface area contributed by atoms with Gasteiger partial charge in [-0.2, -0.15) is 0 Å². The minimum absolute atomic E-state index is 0.218. The molecule has 0 aliphatic carbocycles. The highest BCUT2D eigenvalue weighted by Gasteiger charge is 2.00. The lowest BCUT2D eigenvalue weighted by Crippen LogP contribution is -2.01. The lowest BCUT2D eigenvalue weighted by Gasteiger charge is -2.00. The van der Waals surface area contributed by atoms with Gasteiger partial charge >= 0.3 is 5.97 Å². The van der Waals surface area contributed by atoms with Crippen LogP contribution in [0.5, 0.6) is 0 Å². The Morgan fingerprint density at radius 2 is 2.00 bits per heavy atom. The maximum atomic E-state index is 10.8. The van der Waals surface area contributed by atoms with Crippen LogP contribution in [0.2, 0.25) is 0 Å². The zero-order valence-corrected chi connectivity index (χ0v) is 8.03. The Morgan fingerprint density at radius 1 is 1.36 bits per heavy atom. The van der Waals surface area contributed by atoms with Crippen LogP contribution >= 0.6 is 0 Å². The highest BCUT2D eigenvalue weighted by Crippen LogP contribution is 2.05. The van der Waals surface area contributed by atoms with Crippen molar-refractivity contribution in [1.29, 1.82) is 0 Å². The second kappa shape index (κ2) is 5.17. The highest BCUT2D eigenvalue weighted by molar-refractivity contribution is 5.74. The standard InChI is InChI=1S/C11H12O3/c1-14-11(13)7-6-9-2-4-10(8-12)5-3-9/h2-5,8H,6-7H2,1H3. The second-order valence-corrected chi connectivity index (χ2v) is 2.94. The van der Waals surface area contributed by atoms with Crippen molar-refractivity contribution >= 4 is 12.3 Å². The van der Waals surface area contributed by atoms with Crippen molar-refractivity contribution in [2.75, 3.05) is 7.11 Å². The van der Waals surface area contributed by atoms with E-state index in [1.807, 2.05) is 12.1 Å². The molecule has 14 heavy (non-hydrogen) atoms. The van der Waals surface area contributed by atoms with Crippen molar-refractivity contribution in [3.8, 4) is 0 Å². The summed E-state index contributed by atoms with van der Waals surface area (Å²) in [5.74, 6) is -0.218. The van der Waals surface area contributed by atoms with E-state index in [-0.39, 0.29) is 5.97 Å². The van der Waals surface area contributed by atoms with Gasteiger partial charge < -0.3 is 4.74 Å². The average molecular weight is 192 g/mol. The maximum Gasteiger partial charge on any atom is 0.305 e. The number of rotatable bonds is 4.